The molecule has 39 heavy (non-hydrogen) atoms. The van der Waals surface area contributed by atoms with Crippen molar-refractivity contribution in [1.29, 1.82) is 0 Å². The monoisotopic (exact) mass is 537 g/mol. The number of rotatable bonds is 8. The molecule has 1 saturated heterocycles. The Bertz CT molecular complexity index is 1600. The topological polar surface area (TPSA) is 70.6 Å². The van der Waals surface area contributed by atoms with E-state index >= 15 is 0 Å². The summed E-state index contributed by atoms with van der Waals surface area (Å²) in [4.78, 5) is 27.7. The first kappa shape index (κ1) is 25.3. The van der Waals surface area contributed by atoms with Crippen molar-refractivity contribution in [2.24, 2.45) is 0 Å². The number of carbonyl (C=O) groups excluding carboxylic acids is 1. The SMILES string of the molecule is CCOc1ccc2nc(N3CCN(CCNC(=O)c4cc(-c5ccccc5)nc5ccccc45)CC3)sc2c1. The Hall–Kier alpha value is -4.01. The standard InChI is InChI=1S/C31H31N5O2S/c1-2-38-23-12-13-27-29(20-23)39-31(34-27)36-18-16-35(17-19-36)15-14-32-30(37)25-21-28(22-8-4-3-5-9-22)33-26-11-7-6-10-24(25)26/h3-13,20-21H,2,14-19H2,1H3,(H,32,37). The average molecular weight is 538 g/mol. The molecule has 0 atom stereocenters. The molecule has 0 spiro atoms. The van der Waals surface area contributed by atoms with E-state index in [4.69, 9.17) is 14.7 Å². The Morgan fingerprint density at radius 3 is 2.54 bits per heavy atom. The highest BCUT2D eigenvalue weighted by atomic mass is 32.1. The number of amides is 1. The maximum atomic E-state index is 13.3. The lowest BCUT2D eigenvalue weighted by Crippen LogP contribution is -2.48. The molecule has 1 amide bonds. The molecule has 6 rings (SSSR count). The minimum absolute atomic E-state index is 0.0645. The highest BCUT2D eigenvalue weighted by Gasteiger charge is 2.20. The average Bonchev–Trinajstić information content (AvgIpc) is 3.41. The molecule has 7 nitrogen and oxygen atoms in total. The van der Waals surface area contributed by atoms with Gasteiger partial charge in [-0.2, -0.15) is 0 Å². The minimum atomic E-state index is -0.0645. The van der Waals surface area contributed by atoms with Gasteiger partial charge < -0.3 is 15.0 Å². The fourth-order valence-corrected chi connectivity index (χ4v) is 6.04. The van der Waals surface area contributed by atoms with Gasteiger partial charge in [0.2, 0.25) is 0 Å². The number of carbonyl (C=O) groups is 1. The molecule has 0 radical (unpaired) electrons. The van der Waals surface area contributed by atoms with Crippen molar-refractivity contribution in [1.82, 2.24) is 20.2 Å². The van der Waals surface area contributed by atoms with Gasteiger partial charge in [-0.3, -0.25) is 9.69 Å². The van der Waals surface area contributed by atoms with Crippen molar-refractivity contribution in [3.8, 4) is 17.0 Å². The van der Waals surface area contributed by atoms with Gasteiger partial charge in [0.1, 0.15) is 5.75 Å². The number of pyridine rings is 1. The number of thiazole rings is 1. The molecule has 0 unspecified atom stereocenters. The summed E-state index contributed by atoms with van der Waals surface area (Å²) in [6.07, 6.45) is 0. The van der Waals surface area contributed by atoms with Crippen LogP contribution in [-0.2, 0) is 0 Å². The fourth-order valence-electron chi connectivity index (χ4n) is 4.99. The van der Waals surface area contributed by atoms with Crippen LogP contribution in [0, 0.1) is 0 Å². The zero-order valence-corrected chi connectivity index (χ0v) is 22.8. The second kappa shape index (κ2) is 11.4. The van der Waals surface area contributed by atoms with Crippen molar-refractivity contribution in [2.45, 2.75) is 6.92 Å². The molecule has 1 aliphatic heterocycles. The first-order valence-corrected chi connectivity index (χ1v) is 14.2. The van der Waals surface area contributed by atoms with E-state index in [0.29, 0.717) is 18.7 Å². The maximum Gasteiger partial charge on any atom is 0.252 e. The van der Waals surface area contributed by atoms with Crippen molar-refractivity contribution < 1.29 is 9.53 Å². The second-order valence-corrected chi connectivity index (χ2v) is 10.6. The molecular formula is C31H31N5O2S. The molecule has 2 aromatic heterocycles. The summed E-state index contributed by atoms with van der Waals surface area (Å²) in [5.41, 5.74) is 4.30. The van der Waals surface area contributed by atoms with Crippen LogP contribution in [0.4, 0.5) is 5.13 Å². The Kier molecular flexibility index (Phi) is 7.38. The van der Waals surface area contributed by atoms with Crippen LogP contribution in [0.5, 0.6) is 5.75 Å². The van der Waals surface area contributed by atoms with E-state index in [1.165, 1.54) is 0 Å². The van der Waals surface area contributed by atoms with E-state index in [1.54, 1.807) is 11.3 Å². The zero-order chi connectivity index (χ0) is 26.6. The second-order valence-electron chi connectivity index (χ2n) is 9.58. The number of hydrogen-bond acceptors (Lipinski definition) is 7. The molecule has 8 heteroatoms. The van der Waals surface area contributed by atoms with E-state index in [-0.39, 0.29) is 5.91 Å². The molecule has 198 valence electrons. The van der Waals surface area contributed by atoms with Gasteiger partial charge >= 0.3 is 0 Å². The van der Waals surface area contributed by atoms with Crippen molar-refractivity contribution in [2.75, 3.05) is 50.8 Å². The van der Waals surface area contributed by atoms with Gasteiger partial charge in [0.25, 0.3) is 5.91 Å². The van der Waals surface area contributed by atoms with Gasteiger partial charge in [0, 0.05) is 50.2 Å². The van der Waals surface area contributed by atoms with Crippen molar-refractivity contribution in [3.05, 3.63) is 84.4 Å². The van der Waals surface area contributed by atoms with Crippen molar-refractivity contribution >= 4 is 43.5 Å². The van der Waals surface area contributed by atoms with Gasteiger partial charge in [-0.05, 0) is 37.3 Å². The van der Waals surface area contributed by atoms with E-state index in [9.17, 15) is 4.79 Å². The molecule has 3 heterocycles. The molecule has 1 N–H and O–H groups in total. The predicted molar refractivity (Wildman–Crippen MR) is 159 cm³/mol. The first-order chi connectivity index (χ1) is 19.2. The molecule has 0 aliphatic carbocycles. The Morgan fingerprint density at radius 2 is 1.72 bits per heavy atom. The summed E-state index contributed by atoms with van der Waals surface area (Å²) in [5, 5.41) is 5.08. The van der Waals surface area contributed by atoms with Crippen LogP contribution in [0.1, 0.15) is 17.3 Å². The number of benzene rings is 3. The molecule has 5 aromatic rings. The third kappa shape index (κ3) is 5.57. The number of nitrogens with zero attached hydrogens (tertiary/aromatic N) is 4. The molecule has 3 aromatic carbocycles. The number of piperazine rings is 1. The molecular weight excluding hydrogens is 506 g/mol. The van der Waals surface area contributed by atoms with Crippen LogP contribution in [-0.4, -0.2) is 66.7 Å². The van der Waals surface area contributed by atoms with Gasteiger partial charge in [0.15, 0.2) is 5.13 Å². The summed E-state index contributed by atoms with van der Waals surface area (Å²) in [7, 11) is 0. The van der Waals surface area contributed by atoms with Crippen molar-refractivity contribution in [3.63, 3.8) is 0 Å². The lowest BCUT2D eigenvalue weighted by Gasteiger charge is -2.34. The van der Waals surface area contributed by atoms with E-state index in [0.717, 1.165) is 76.0 Å². The summed E-state index contributed by atoms with van der Waals surface area (Å²) < 4.78 is 6.79. The Labute approximate surface area is 232 Å². The lowest BCUT2D eigenvalue weighted by atomic mass is 10.0. The molecule has 0 bridgehead atoms. The van der Waals surface area contributed by atoms with Gasteiger partial charge in [-0.15, -0.1) is 0 Å². The minimum Gasteiger partial charge on any atom is -0.494 e. The number of nitrogens with one attached hydrogen (secondary N) is 1. The molecule has 1 fully saturated rings. The normalized spacial score (nSPS) is 14.1. The summed E-state index contributed by atoms with van der Waals surface area (Å²) in [6, 6.07) is 25.8. The highest BCUT2D eigenvalue weighted by Crippen LogP contribution is 2.32. The number of aromatic nitrogens is 2. The fraction of sp³-hybridized carbons (Fsp3) is 0.258. The smallest absolute Gasteiger partial charge is 0.252 e. The number of para-hydroxylation sites is 1. The van der Waals surface area contributed by atoms with Crippen LogP contribution in [0.2, 0.25) is 0 Å². The first-order valence-electron chi connectivity index (χ1n) is 13.4. The third-order valence-electron chi connectivity index (χ3n) is 7.05. The quantitative estimate of drug-likeness (QED) is 0.283. The van der Waals surface area contributed by atoms with Gasteiger partial charge in [0.05, 0.1) is 33.6 Å². The van der Waals surface area contributed by atoms with Crippen LogP contribution in [0.3, 0.4) is 0 Å². The lowest BCUT2D eigenvalue weighted by molar-refractivity contribution is 0.0949. The zero-order valence-electron chi connectivity index (χ0n) is 22.0. The summed E-state index contributed by atoms with van der Waals surface area (Å²) >= 11 is 1.72. The molecule has 0 saturated carbocycles. The van der Waals surface area contributed by atoms with E-state index < -0.39 is 0 Å². The van der Waals surface area contributed by atoms with Crippen LogP contribution >= 0.6 is 11.3 Å². The maximum absolute atomic E-state index is 13.3. The van der Waals surface area contributed by atoms with Crippen LogP contribution < -0.4 is 15.0 Å². The Balaban J connectivity index is 1.06. The third-order valence-corrected chi connectivity index (χ3v) is 8.13. The van der Waals surface area contributed by atoms with Crippen LogP contribution in [0.25, 0.3) is 32.4 Å². The van der Waals surface area contributed by atoms with E-state index in [1.807, 2.05) is 79.7 Å². The predicted octanol–water partition coefficient (Wildman–Crippen LogP) is 5.46. The number of anilines is 1. The number of ether oxygens (including phenoxy) is 1. The van der Waals surface area contributed by atoms with Crippen LogP contribution in [0.15, 0.2) is 78.9 Å². The number of fused-ring (bicyclic) bond motifs is 2. The largest absolute Gasteiger partial charge is 0.494 e. The highest BCUT2D eigenvalue weighted by molar-refractivity contribution is 7.22. The van der Waals surface area contributed by atoms with E-state index in [2.05, 4.69) is 21.2 Å². The van der Waals surface area contributed by atoms with Gasteiger partial charge in [-0.1, -0.05) is 59.9 Å². The molecule has 1 aliphatic rings. The van der Waals surface area contributed by atoms with Gasteiger partial charge in [-0.25, -0.2) is 9.97 Å². The number of hydrogen-bond donors (Lipinski definition) is 1. The Morgan fingerprint density at radius 1 is 0.923 bits per heavy atom. The summed E-state index contributed by atoms with van der Waals surface area (Å²) in [6.45, 7) is 7.77. The summed E-state index contributed by atoms with van der Waals surface area (Å²) in [5.74, 6) is 0.827.